The van der Waals surface area contributed by atoms with E-state index in [1.807, 2.05) is 42.5 Å². The van der Waals surface area contributed by atoms with Gasteiger partial charge in [0.2, 0.25) is 0 Å². The van der Waals surface area contributed by atoms with E-state index in [4.69, 9.17) is 4.74 Å². The number of carbonyl (C=O) groups is 1. The molecule has 0 spiro atoms. The Morgan fingerprint density at radius 2 is 1.86 bits per heavy atom. The van der Waals surface area contributed by atoms with E-state index in [1.54, 1.807) is 7.11 Å². The summed E-state index contributed by atoms with van der Waals surface area (Å²) in [6.45, 7) is 2.11. The Morgan fingerprint density at radius 1 is 1.04 bits per heavy atom. The molecule has 0 fully saturated rings. The maximum atomic E-state index is 12.6. The zero-order valence-corrected chi connectivity index (χ0v) is 18.4. The van der Waals surface area contributed by atoms with Gasteiger partial charge in [0.15, 0.2) is 0 Å². The minimum absolute atomic E-state index is 0.147. The molecule has 0 aliphatic carbocycles. The first-order chi connectivity index (χ1) is 13.6. The van der Waals surface area contributed by atoms with Crippen LogP contribution in [-0.2, 0) is 0 Å². The van der Waals surface area contributed by atoms with Gasteiger partial charge >= 0.3 is 171 Å². The van der Waals surface area contributed by atoms with Gasteiger partial charge in [0, 0.05) is 0 Å². The second-order valence-electron chi connectivity index (χ2n) is 6.21. The molecule has 0 saturated heterocycles. The van der Waals surface area contributed by atoms with Crippen molar-refractivity contribution in [1.29, 1.82) is 0 Å². The van der Waals surface area contributed by atoms with Crippen LogP contribution in [0.25, 0.3) is 10.2 Å². The summed E-state index contributed by atoms with van der Waals surface area (Å²) >= 11 is 1.20. The van der Waals surface area contributed by atoms with Gasteiger partial charge in [0.25, 0.3) is 0 Å². The van der Waals surface area contributed by atoms with Crippen molar-refractivity contribution in [3.63, 3.8) is 0 Å². The van der Waals surface area contributed by atoms with E-state index >= 15 is 0 Å². The van der Waals surface area contributed by atoms with Crippen molar-refractivity contribution in [2.75, 3.05) is 12.4 Å². The van der Waals surface area contributed by atoms with Crippen molar-refractivity contribution < 1.29 is 30.7 Å². The summed E-state index contributed by atoms with van der Waals surface area (Å²) in [5.74, 6) is 0.632. The predicted octanol–water partition coefficient (Wildman–Crippen LogP) is 1.99. The topological polar surface area (TPSA) is 51.2 Å². The average Bonchev–Trinajstić information content (AvgIpc) is 3.09. The molecule has 1 heterocycles. The van der Waals surface area contributed by atoms with E-state index in [0.29, 0.717) is 10.7 Å². The Bertz CT molecular complexity index is 1140. The second-order valence-corrected chi connectivity index (χ2v) is 10.3. The molecule has 0 unspecified atom stereocenters. The summed E-state index contributed by atoms with van der Waals surface area (Å²) in [5, 5.41) is 3.49. The normalized spacial score (nSPS) is 10.9. The number of nitrogens with zero attached hydrogens (tertiary/aromatic N) is 1. The molecule has 4 aromatic rings. The molecule has 4 nitrogen and oxygen atoms in total. The molecule has 0 saturated carbocycles. The number of nitrogens with one attached hydrogen (secondary N) is 1. The Kier molecular flexibility index (Phi) is 5.59. The van der Waals surface area contributed by atoms with Crippen LogP contribution in [0.4, 0.5) is 5.13 Å². The van der Waals surface area contributed by atoms with E-state index in [-0.39, 0.29) is 27.1 Å². The molecule has 0 atom stereocenters. The van der Waals surface area contributed by atoms with Crippen molar-refractivity contribution in [2.24, 2.45) is 0 Å². The third-order valence-corrected chi connectivity index (χ3v) is 7.69. The zero-order valence-electron chi connectivity index (χ0n) is 15.4. The van der Waals surface area contributed by atoms with Crippen LogP contribution in [-0.4, -0.2) is 18.0 Å². The second kappa shape index (κ2) is 8.28. The molecule has 1 amide bonds. The number of ether oxygens (including phenoxy) is 1. The number of aromatic nitrogens is 1. The van der Waals surface area contributed by atoms with Crippen molar-refractivity contribution in [3.8, 4) is 5.75 Å². The predicted molar refractivity (Wildman–Crippen MR) is 109 cm³/mol. The summed E-state index contributed by atoms with van der Waals surface area (Å²) < 4.78 is 8.88. The van der Waals surface area contributed by atoms with Gasteiger partial charge < -0.3 is 0 Å². The van der Waals surface area contributed by atoms with E-state index in [2.05, 4.69) is 41.5 Å². The van der Waals surface area contributed by atoms with E-state index < -0.39 is 0 Å². The van der Waals surface area contributed by atoms with Gasteiger partial charge in [-0.15, -0.1) is 0 Å². The molecule has 0 radical (unpaired) electrons. The number of hydrogen-bond donors (Lipinski definition) is 1. The average molecular weight is 501 g/mol. The molecule has 28 heavy (non-hydrogen) atoms. The summed E-state index contributed by atoms with van der Waals surface area (Å²) in [5.41, 5.74) is 2.76. The van der Waals surface area contributed by atoms with E-state index in [1.165, 1.54) is 24.0 Å². The number of rotatable bonds is 5. The molecule has 4 rings (SSSR count). The fourth-order valence-corrected chi connectivity index (χ4v) is 6.07. The van der Waals surface area contributed by atoms with Crippen LogP contribution in [0.3, 0.4) is 0 Å². The van der Waals surface area contributed by atoms with E-state index in [0.717, 1.165) is 16.0 Å². The van der Waals surface area contributed by atoms with Crippen molar-refractivity contribution >= 4 is 32.6 Å². The third-order valence-electron chi connectivity index (χ3n) is 4.12. The minimum atomic E-state index is -0.243. The number of hydrogen-bond acceptors (Lipinski definition) is 4. The Hall–Kier alpha value is -2.45. The van der Waals surface area contributed by atoms with Crippen LogP contribution >= 0.6 is 11.3 Å². The van der Waals surface area contributed by atoms with Gasteiger partial charge in [-0.3, -0.25) is 0 Å². The fraction of sp³-hybridized carbons (Fsp3) is 0.0909. The van der Waals surface area contributed by atoms with Gasteiger partial charge in [-0.05, 0) is 0 Å². The van der Waals surface area contributed by atoms with Crippen molar-refractivity contribution in [2.45, 2.75) is 6.92 Å². The summed E-state index contributed by atoms with van der Waals surface area (Å²) in [6, 6.07) is 22.2. The van der Waals surface area contributed by atoms with Gasteiger partial charge in [0.1, 0.15) is 0 Å². The Labute approximate surface area is 177 Å². The van der Waals surface area contributed by atoms with Crippen LogP contribution in [0.1, 0.15) is 15.9 Å². The zero-order chi connectivity index (χ0) is 19.5. The van der Waals surface area contributed by atoms with E-state index in [9.17, 15) is 4.79 Å². The summed E-state index contributed by atoms with van der Waals surface area (Å²) in [7, 11) is 1.63. The van der Waals surface area contributed by atoms with Crippen LogP contribution in [0.15, 0.2) is 66.7 Å². The monoisotopic (exact) mass is 501 g/mol. The molecule has 0 aliphatic rings. The number of anilines is 1. The van der Waals surface area contributed by atoms with Crippen LogP contribution in [0.2, 0.25) is 0 Å². The molecule has 0 aliphatic heterocycles. The number of fused-ring (bicyclic) bond motifs is 1. The van der Waals surface area contributed by atoms with Crippen LogP contribution in [0.5, 0.6) is 5.75 Å². The van der Waals surface area contributed by atoms with Crippen LogP contribution < -0.4 is 31.3 Å². The number of methoxy groups -OCH3 is 1. The van der Waals surface area contributed by atoms with Crippen LogP contribution in [0, 0.1) is 14.1 Å². The summed E-state index contributed by atoms with van der Waals surface area (Å²) in [4.78, 5) is 17.0. The van der Waals surface area contributed by atoms with Gasteiger partial charge in [-0.2, -0.15) is 0 Å². The molecule has 0 bridgehead atoms. The molecular weight excluding hydrogens is 483 g/mol. The molecule has 3 aromatic carbocycles. The van der Waals surface area contributed by atoms with Crippen molar-refractivity contribution in [1.82, 2.24) is 4.98 Å². The maximum absolute atomic E-state index is 12.6. The summed E-state index contributed by atoms with van der Waals surface area (Å²) in [6.07, 6.45) is 0. The number of thiazole rings is 1. The fourth-order valence-electron chi connectivity index (χ4n) is 2.71. The van der Waals surface area contributed by atoms with Crippen molar-refractivity contribution in [3.05, 3.63) is 85.0 Å². The third kappa shape index (κ3) is 4.34. The standard InChI is InChI=1S/C22H18IN2O2S/c1-14-4-3-5-17(12-14)23-16-8-6-15(7-9-16)21(26)25-22-24-19-11-10-18(27-2)13-20(19)28-22/h3-13H,1-2H3,(H,24,25,26)/q-1. The molecular formula is C22H18IN2O2S-. The number of halogens is 1. The number of amides is 1. The van der Waals surface area contributed by atoms with Gasteiger partial charge in [-0.1, -0.05) is 0 Å². The first kappa shape index (κ1) is 18.9. The van der Waals surface area contributed by atoms with Gasteiger partial charge in [0.05, 0.1) is 7.11 Å². The number of benzene rings is 3. The molecule has 6 heteroatoms. The van der Waals surface area contributed by atoms with Gasteiger partial charge in [-0.25, -0.2) is 0 Å². The SMILES string of the molecule is COc1ccc2nc(NC(=O)c3ccc([I-]c4cccc(C)c4)cc3)sc2c1. The Morgan fingerprint density at radius 3 is 2.61 bits per heavy atom. The Balaban J connectivity index is 1.46. The first-order valence-electron chi connectivity index (χ1n) is 8.68. The first-order valence-corrected chi connectivity index (χ1v) is 11.7. The molecule has 1 aromatic heterocycles. The number of aryl methyl sites for hydroxylation is 1. The quantitative estimate of drug-likeness (QED) is 0.426. The number of carbonyl (C=O) groups excluding carboxylic acids is 1. The molecule has 142 valence electrons. The molecule has 1 N–H and O–H groups in total.